The molecule has 2 fully saturated rings. The number of ether oxygens (including phenoxy) is 2. The second kappa shape index (κ2) is 9.44. The van der Waals surface area contributed by atoms with Crippen LogP contribution >= 0.6 is 0 Å². The Balaban J connectivity index is 1.78. The predicted molar refractivity (Wildman–Crippen MR) is 83.7 cm³/mol. The van der Waals surface area contributed by atoms with Gasteiger partial charge in [-0.2, -0.15) is 0 Å². The van der Waals surface area contributed by atoms with Crippen molar-refractivity contribution in [3.8, 4) is 0 Å². The second-order valence-corrected chi connectivity index (χ2v) is 6.55. The van der Waals surface area contributed by atoms with E-state index in [2.05, 4.69) is 6.58 Å². The fourth-order valence-electron chi connectivity index (χ4n) is 3.75. The Kier molecular flexibility index (Phi) is 7.49. The molecule has 20 heavy (non-hydrogen) atoms. The molecule has 0 bridgehead atoms. The van der Waals surface area contributed by atoms with E-state index >= 15 is 0 Å². The van der Waals surface area contributed by atoms with Crippen LogP contribution in [0.15, 0.2) is 12.8 Å². The van der Waals surface area contributed by atoms with Crippen molar-refractivity contribution in [2.75, 3.05) is 6.61 Å². The van der Waals surface area contributed by atoms with Crippen molar-refractivity contribution >= 4 is 0 Å². The van der Waals surface area contributed by atoms with E-state index in [4.69, 9.17) is 9.47 Å². The van der Waals surface area contributed by atoms with Crippen molar-refractivity contribution in [2.45, 2.75) is 89.3 Å². The summed E-state index contributed by atoms with van der Waals surface area (Å²) in [6.45, 7) is 4.41. The van der Waals surface area contributed by atoms with Gasteiger partial charge in [0.25, 0.3) is 0 Å². The molecule has 1 heterocycles. The summed E-state index contributed by atoms with van der Waals surface area (Å²) in [5.74, 6) is 0.757. The lowest BCUT2D eigenvalue weighted by atomic mass is 9.87. The average molecular weight is 280 g/mol. The minimum atomic E-state index is 0.249. The van der Waals surface area contributed by atoms with Gasteiger partial charge in [0.1, 0.15) is 6.10 Å². The minimum absolute atomic E-state index is 0.249. The Bertz CT molecular complexity index is 252. The molecule has 0 spiro atoms. The maximum atomic E-state index is 6.01. The summed E-state index contributed by atoms with van der Waals surface area (Å²) in [6.07, 6.45) is 18.8. The fourth-order valence-corrected chi connectivity index (χ4v) is 3.75. The molecule has 0 radical (unpaired) electrons. The van der Waals surface area contributed by atoms with Crippen molar-refractivity contribution in [1.29, 1.82) is 0 Å². The summed E-state index contributed by atoms with van der Waals surface area (Å²) in [6, 6.07) is 0. The SMILES string of the molecule is C=COC1COC(C2CCCCCCCCCCC2)C1. The minimum Gasteiger partial charge on any atom is -0.496 e. The van der Waals surface area contributed by atoms with Crippen molar-refractivity contribution in [3.05, 3.63) is 12.8 Å². The zero-order chi connectivity index (χ0) is 14.0. The van der Waals surface area contributed by atoms with Crippen molar-refractivity contribution in [2.24, 2.45) is 5.92 Å². The molecule has 1 saturated heterocycles. The third kappa shape index (κ3) is 5.47. The summed E-state index contributed by atoms with van der Waals surface area (Å²) >= 11 is 0. The Morgan fingerprint density at radius 3 is 1.95 bits per heavy atom. The van der Waals surface area contributed by atoms with E-state index in [9.17, 15) is 0 Å². The third-order valence-corrected chi connectivity index (χ3v) is 4.96. The van der Waals surface area contributed by atoms with E-state index in [-0.39, 0.29) is 6.10 Å². The molecule has 2 rings (SSSR count). The first-order valence-corrected chi connectivity index (χ1v) is 8.78. The van der Waals surface area contributed by atoms with E-state index in [1.807, 2.05) is 0 Å². The van der Waals surface area contributed by atoms with Gasteiger partial charge in [0.05, 0.1) is 19.0 Å². The Morgan fingerprint density at radius 1 is 0.850 bits per heavy atom. The van der Waals surface area contributed by atoms with Crippen molar-refractivity contribution < 1.29 is 9.47 Å². The molecule has 0 N–H and O–H groups in total. The number of hydrogen-bond acceptors (Lipinski definition) is 2. The van der Waals surface area contributed by atoms with Crippen LogP contribution in [0.5, 0.6) is 0 Å². The summed E-state index contributed by atoms with van der Waals surface area (Å²) in [5, 5.41) is 0. The molecule has 0 amide bonds. The van der Waals surface area contributed by atoms with Gasteiger partial charge in [-0.05, 0) is 18.8 Å². The lowest BCUT2D eigenvalue weighted by molar-refractivity contribution is 0.0447. The smallest absolute Gasteiger partial charge is 0.123 e. The van der Waals surface area contributed by atoms with E-state index in [0.29, 0.717) is 6.10 Å². The molecule has 2 unspecified atom stereocenters. The third-order valence-electron chi connectivity index (χ3n) is 4.96. The van der Waals surface area contributed by atoms with Crippen LogP contribution in [0.1, 0.15) is 77.0 Å². The summed E-state index contributed by atoms with van der Waals surface area (Å²) in [4.78, 5) is 0. The predicted octanol–water partition coefficient (Wildman–Crippen LogP) is 5.22. The van der Waals surface area contributed by atoms with Crippen LogP contribution in [0.25, 0.3) is 0 Å². The highest BCUT2D eigenvalue weighted by molar-refractivity contribution is 4.81. The summed E-state index contributed by atoms with van der Waals surface area (Å²) < 4.78 is 11.5. The highest BCUT2D eigenvalue weighted by Gasteiger charge is 2.31. The molecule has 2 nitrogen and oxygen atoms in total. The highest BCUT2D eigenvalue weighted by atomic mass is 16.5. The normalized spacial score (nSPS) is 31.2. The number of rotatable bonds is 3. The molecule has 2 atom stereocenters. The maximum Gasteiger partial charge on any atom is 0.123 e. The first-order valence-electron chi connectivity index (χ1n) is 8.78. The average Bonchev–Trinajstić information content (AvgIpc) is 2.88. The van der Waals surface area contributed by atoms with E-state index in [0.717, 1.165) is 18.9 Å². The van der Waals surface area contributed by atoms with Crippen LogP contribution in [0.4, 0.5) is 0 Å². The van der Waals surface area contributed by atoms with Gasteiger partial charge < -0.3 is 9.47 Å². The van der Waals surface area contributed by atoms with Crippen LogP contribution in [-0.2, 0) is 9.47 Å². The van der Waals surface area contributed by atoms with Gasteiger partial charge in [-0.1, -0.05) is 64.4 Å². The molecule has 1 aliphatic carbocycles. The van der Waals surface area contributed by atoms with Crippen LogP contribution in [-0.4, -0.2) is 18.8 Å². The summed E-state index contributed by atoms with van der Waals surface area (Å²) in [7, 11) is 0. The summed E-state index contributed by atoms with van der Waals surface area (Å²) in [5.41, 5.74) is 0. The van der Waals surface area contributed by atoms with Gasteiger partial charge in [-0.25, -0.2) is 0 Å². The van der Waals surface area contributed by atoms with E-state index in [1.165, 1.54) is 70.6 Å². The largest absolute Gasteiger partial charge is 0.496 e. The molecule has 116 valence electrons. The first-order chi connectivity index (χ1) is 9.90. The molecule has 2 aliphatic rings. The number of hydrogen-bond donors (Lipinski definition) is 0. The topological polar surface area (TPSA) is 18.5 Å². The maximum absolute atomic E-state index is 6.01. The lowest BCUT2D eigenvalue weighted by Crippen LogP contribution is -2.20. The van der Waals surface area contributed by atoms with Gasteiger partial charge in [0.15, 0.2) is 0 Å². The van der Waals surface area contributed by atoms with Gasteiger partial charge in [-0.15, -0.1) is 0 Å². The molecule has 0 aromatic rings. The Morgan fingerprint density at radius 2 is 1.40 bits per heavy atom. The van der Waals surface area contributed by atoms with E-state index in [1.54, 1.807) is 6.26 Å². The van der Waals surface area contributed by atoms with Crippen molar-refractivity contribution in [3.63, 3.8) is 0 Å². The first kappa shape index (κ1) is 15.9. The standard InChI is InChI=1S/C18H32O2/c1-2-19-17-14-18(20-15-17)16-12-10-8-6-4-3-5-7-9-11-13-16/h2,16-18H,1,3-15H2. The zero-order valence-electron chi connectivity index (χ0n) is 13.0. The van der Waals surface area contributed by atoms with Gasteiger partial charge in [0.2, 0.25) is 0 Å². The van der Waals surface area contributed by atoms with Gasteiger partial charge in [0, 0.05) is 6.42 Å². The zero-order valence-corrected chi connectivity index (χ0v) is 13.0. The van der Waals surface area contributed by atoms with Crippen LogP contribution in [0.2, 0.25) is 0 Å². The monoisotopic (exact) mass is 280 g/mol. The molecule has 2 heteroatoms. The Labute approximate surface area is 124 Å². The highest BCUT2D eigenvalue weighted by Crippen LogP contribution is 2.31. The van der Waals surface area contributed by atoms with Crippen LogP contribution in [0.3, 0.4) is 0 Å². The van der Waals surface area contributed by atoms with Gasteiger partial charge >= 0.3 is 0 Å². The quantitative estimate of drug-likeness (QED) is 0.659. The Hall–Kier alpha value is -0.500. The molecule has 1 saturated carbocycles. The fraction of sp³-hybridized carbons (Fsp3) is 0.889. The molecule has 1 aliphatic heterocycles. The molecule has 0 aromatic carbocycles. The molecule has 0 aromatic heterocycles. The second-order valence-electron chi connectivity index (χ2n) is 6.55. The molecular formula is C18H32O2. The van der Waals surface area contributed by atoms with Crippen LogP contribution in [0, 0.1) is 5.92 Å². The molecular weight excluding hydrogens is 248 g/mol. The van der Waals surface area contributed by atoms with E-state index < -0.39 is 0 Å². The lowest BCUT2D eigenvalue weighted by Gasteiger charge is -2.23. The van der Waals surface area contributed by atoms with Gasteiger partial charge in [-0.3, -0.25) is 0 Å². The van der Waals surface area contributed by atoms with Crippen LogP contribution < -0.4 is 0 Å². The van der Waals surface area contributed by atoms with Crippen molar-refractivity contribution in [1.82, 2.24) is 0 Å².